The lowest BCUT2D eigenvalue weighted by molar-refractivity contribution is -0.141. The number of hydrogen-bond donors (Lipinski definition) is 7. The maximum absolute atomic E-state index is 12.8. The van der Waals surface area contributed by atoms with Crippen LogP contribution in [0.1, 0.15) is 25.1 Å². The van der Waals surface area contributed by atoms with Gasteiger partial charge in [-0.3, -0.25) is 14.4 Å². The van der Waals surface area contributed by atoms with Crippen LogP contribution in [0.15, 0.2) is 36.8 Å². The number of hydrogen-bond acceptors (Lipinski definition) is 7. The highest BCUT2D eigenvalue weighted by Gasteiger charge is 2.27. The van der Waals surface area contributed by atoms with Crippen molar-refractivity contribution >= 4 is 23.7 Å². The molecule has 34 heavy (non-hydrogen) atoms. The molecule has 0 saturated heterocycles. The monoisotopic (exact) mass is 474 g/mol. The first-order valence-corrected chi connectivity index (χ1v) is 10.7. The second-order valence-corrected chi connectivity index (χ2v) is 8.16. The molecule has 0 aliphatic heterocycles. The van der Waals surface area contributed by atoms with Crippen molar-refractivity contribution in [2.24, 2.45) is 11.7 Å². The third-order valence-electron chi connectivity index (χ3n) is 5.07. The Bertz CT molecular complexity index is 976. The normalized spacial score (nSPS) is 13.5. The van der Waals surface area contributed by atoms with Crippen LogP contribution in [0.2, 0.25) is 0 Å². The molecular formula is C22H30N6O6. The van der Waals surface area contributed by atoms with Crippen molar-refractivity contribution in [1.29, 1.82) is 0 Å². The number of nitrogens with zero attached hydrogens (tertiary/aromatic N) is 1. The van der Waals surface area contributed by atoms with E-state index < -0.39 is 48.4 Å². The molecule has 3 amide bonds. The van der Waals surface area contributed by atoms with Gasteiger partial charge in [0, 0.05) is 24.7 Å². The van der Waals surface area contributed by atoms with Crippen LogP contribution in [0.3, 0.4) is 0 Å². The number of aromatic amines is 1. The second-order valence-electron chi connectivity index (χ2n) is 8.16. The van der Waals surface area contributed by atoms with Crippen LogP contribution >= 0.6 is 0 Å². The predicted molar refractivity (Wildman–Crippen MR) is 121 cm³/mol. The molecule has 1 aromatic carbocycles. The summed E-state index contributed by atoms with van der Waals surface area (Å²) in [6.07, 6.45) is 2.91. The van der Waals surface area contributed by atoms with E-state index in [4.69, 9.17) is 5.73 Å². The van der Waals surface area contributed by atoms with Crippen molar-refractivity contribution < 1.29 is 29.4 Å². The molecule has 1 aromatic heterocycles. The van der Waals surface area contributed by atoms with Gasteiger partial charge in [-0.1, -0.05) is 26.0 Å². The Balaban J connectivity index is 2.01. The molecule has 0 aliphatic carbocycles. The van der Waals surface area contributed by atoms with Gasteiger partial charge in [0.1, 0.15) is 17.8 Å². The number of nitrogens with one attached hydrogen (secondary N) is 4. The van der Waals surface area contributed by atoms with Crippen LogP contribution in [0.4, 0.5) is 0 Å². The smallest absolute Gasteiger partial charge is 0.326 e. The van der Waals surface area contributed by atoms with Gasteiger partial charge < -0.3 is 36.9 Å². The minimum absolute atomic E-state index is 0.0123. The van der Waals surface area contributed by atoms with E-state index in [0.717, 1.165) is 0 Å². The van der Waals surface area contributed by atoms with Crippen LogP contribution in [0.25, 0.3) is 0 Å². The van der Waals surface area contributed by atoms with Crippen molar-refractivity contribution in [2.45, 2.75) is 44.8 Å². The minimum Gasteiger partial charge on any atom is -0.508 e. The molecule has 0 bridgehead atoms. The molecule has 0 spiro atoms. The van der Waals surface area contributed by atoms with Crippen LogP contribution in [-0.2, 0) is 32.0 Å². The summed E-state index contributed by atoms with van der Waals surface area (Å²) >= 11 is 0. The Morgan fingerprint density at radius 1 is 1.03 bits per heavy atom. The van der Waals surface area contributed by atoms with E-state index in [0.29, 0.717) is 11.3 Å². The summed E-state index contributed by atoms with van der Waals surface area (Å²) in [7, 11) is 0. The third-order valence-corrected chi connectivity index (χ3v) is 5.07. The molecule has 2 rings (SSSR count). The quantitative estimate of drug-likeness (QED) is 0.204. The summed E-state index contributed by atoms with van der Waals surface area (Å²) in [5.41, 5.74) is 7.06. The molecule has 0 fully saturated rings. The Labute approximate surface area is 196 Å². The summed E-state index contributed by atoms with van der Waals surface area (Å²) in [5, 5.41) is 26.2. The average molecular weight is 475 g/mol. The maximum Gasteiger partial charge on any atom is 0.326 e. The highest BCUT2D eigenvalue weighted by Crippen LogP contribution is 2.12. The van der Waals surface area contributed by atoms with Gasteiger partial charge >= 0.3 is 5.97 Å². The molecule has 1 heterocycles. The summed E-state index contributed by atoms with van der Waals surface area (Å²) in [5.74, 6) is -3.23. The number of carbonyl (C=O) groups is 4. The number of aromatic nitrogens is 2. The summed E-state index contributed by atoms with van der Waals surface area (Å²) in [6, 6.07) is 3.00. The van der Waals surface area contributed by atoms with Crippen molar-refractivity contribution in [3.63, 3.8) is 0 Å². The fourth-order valence-electron chi connectivity index (χ4n) is 3.00. The van der Waals surface area contributed by atoms with Gasteiger partial charge in [0.2, 0.25) is 17.7 Å². The number of H-pyrrole nitrogens is 1. The summed E-state index contributed by atoms with van der Waals surface area (Å²) in [4.78, 5) is 55.5. The molecule has 2 aromatic rings. The van der Waals surface area contributed by atoms with Gasteiger partial charge in [-0.15, -0.1) is 0 Å². The number of carboxylic acid groups (broad SMARTS) is 1. The SMILES string of the molecule is CC(C)C(N)C(=O)NC(Cc1ccc(O)cc1)C(=O)NCC(=O)NC(Cc1cnc[nH]1)C(=O)O. The molecule has 8 N–H and O–H groups in total. The van der Waals surface area contributed by atoms with E-state index >= 15 is 0 Å². The summed E-state index contributed by atoms with van der Waals surface area (Å²) < 4.78 is 0. The van der Waals surface area contributed by atoms with Crippen molar-refractivity contribution in [3.8, 4) is 5.75 Å². The van der Waals surface area contributed by atoms with Gasteiger partial charge in [0.25, 0.3) is 0 Å². The standard InChI is InChI=1S/C22H30N6O6/c1-12(2)19(23)21(32)28-16(7-13-3-5-15(29)6-4-13)20(31)25-10-18(30)27-17(22(33)34)8-14-9-24-11-26-14/h3-6,9,11-12,16-17,19,29H,7-8,10,23H2,1-2H3,(H,24,26)(H,25,31)(H,27,30)(H,28,32)(H,33,34). The molecule has 0 saturated carbocycles. The van der Waals surface area contributed by atoms with Crippen molar-refractivity contribution in [2.75, 3.05) is 6.54 Å². The lowest BCUT2D eigenvalue weighted by Gasteiger charge is -2.22. The van der Waals surface area contributed by atoms with Crippen LogP contribution < -0.4 is 21.7 Å². The molecule has 3 atom stereocenters. The number of imidazole rings is 1. The number of aliphatic carboxylic acids is 1. The highest BCUT2D eigenvalue weighted by atomic mass is 16.4. The zero-order valence-corrected chi connectivity index (χ0v) is 18.9. The van der Waals surface area contributed by atoms with E-state index in [9.17, 15) is 29.4 Å². The van der Waals surface area contributed by atoms with E-state index in [1.54, 1.807) is 26.0 Å². The van der Waals surface area contributed by atoms with Gasteiger partial charge in [-0.25, -0.2) is 9.78 Å². The average Bonchev–Trinajstić information content (AvgIpc) is 3.30. The van der Waals surface area contributed by atoms with E-state index in [1.807, 2.05) is 0 Å². The number of amides is 3. The predicted octanol–water partition coefficient (Wildman–Crippen LogP) is -0.946. The van der Waals surface area contributed by atoms with Gasteiger partial charge in [-0.05, 0) is 23.6 Å². The third kappa shape index (κ3) is 8.20. The fraction of sp³-hybridized carbons (Fsp3) is 0.409. The lowest BCUT2D eigenvalue weighted by atomic mass is 10.0. The first-order chi connectivity index (χ1) is 16.1. The number of benzene rings is 1. The van der Waals surface area contributed by atoms with Gasteiger partial charge in [0.15, 0.2) is 0 Å². The highest BCUT2D eigenvalue weighted by molar-refractivity contribution is 5.92. The molecule has 0 aliphatic rings. The minimum atomic E-state index is -1.24. The van der Waals surface area contributed by atoms with Gasteiger partial charge in [-0.2, -0.15) is 0 Å². The fourth-order valence-corrected chi connectivity index (χ4v) is 3.00. The number of carboxylic acids is 1. The Morgan fingerprint density at radius 2 is 1.71 bits per heavy atom. The molecule has 12 nitrogen and oxygen atoms in total. The number of carbonyl (C=O) groups excluding carboxylic acids is 3. The molecule has 0 radical (unpaired) electrons. The Kier molecular flexibility index (Phi) is 9.56. The van der Waals surface area contributed by atoms with Crippen molar-refractivity contribution in [1.82, 2.24) is 25.9 Å². The first-order valence-electron chi connectivity index (χ1n) is 10.7. The molecule has 184 valence electrons. The number of phenols is 1. The molecule has 3 unspecified atom stereocenters. The Hall–Kier alpha value is -3.93. The lowest BCUT2D eigenvalue weighted by Crippen LogP contribution is -2.55. The second kappa shape index (κ2) is 12.3. The van der Waals surface area contributed by atoms with Gasteiger partial charge in [0.05, 0.1) is 18.9 Å². The van der Waals surface area contributed by atoms with Crippen LogP contribution in [0.5, 0.6) is 5.75 Å². The van der Waals surface area contributed by atoms with E-state index in [-0.39, 0.29) is 24.5 Å². The largest absolute Gasteiger partial charge is 0.508 e. The number of rotatable bonds is 12. The number of aromatic hydroxyl groups is 1. The zero-order valence-electron chi connectivity index (χ0n) is 18.9. The molecule has 12 heteroatoms. The van der Waals surface area contributed by atoms with Crippen molar-refractivity contribution in [3.05, 3.63) is 48.0 Å². The number of nitrogens with two attached hydrogens (primary N) is 1. The zero-order chi connectivity index (χ0) is 25.3. The van der Waals surface area contributed by atoms with E-state index in [1.165, 1.54) is 24.7 Å². The topological polar surface area (TPSA) is 200 Å². The molecular weight excluding hydrogens is 444 g/mol. The maximum atomic E-state index is 12.8. The van der Waals surface area contributed by atoms with Crippen LogP contribution in [0, 0.1) is 5.92 Å². The number of phenolic OH excluding ortho intramolecular Hbond substituents is 1. The van der Waals surface area contributed by atoms with Crippen LogP contribution in [-0.4, -0.2) is 68.5 Å². The Morgan fingerprint density at radius 3 is 2.26 bits per heavy atom. The summed E-state index contributed by atoms with van der Waals surface area (Å²) in [6.45, 7) is 3.04. The van der Waals surface area contributed by atoms with E-state index in [2.05, 4.69) is 25.9 Å². The first kappa shape index (κ1) is 26.3.